The number of rotatable bonds is 5. The molecule has 0 aromatic heterocycles. The zero-order valence-electron chi connectivity index (χ0n) is 14.7. The van der Waals surface area contributed by atoms with Gasteiger partial charge in [0.15, 0.2) is 0 Å². The fourth-order valence-corrected chi connectivity index (χ4v) is 4.13. The quantitative estimate of drug-likeness (QED) is 0.903. The van der Waals surface area contributed by atoms with E-state index in [0.29, 0.717) is 24.9 Å². The van der Waals surface area contributed by atoms with Gasteiger partial charge in [-0.15, -0.1) is 0 Å². The van der Waals surface area contributed by atoms with E-state index in [2.05, 4.69) is 11.8 Å². The monoisotopic (exact) mass is 330 g/mol. The predicted molar refractivity (Wildman–Crippen MR) is 95.6 cm³/mol. The number of benzene rings is 1. The molecule has 0 spiro atoms. The molecule has 3 unspecified atom stereocenters. The number of amides is 1. The van der Waals surface area contributed by atoms with Crippen molar-refractivity contribution in [1.29, 1.82) is 0 Å². The van der Waals surface area contributed by atoms with Crippen LogP contribution in [0.15, 0.2) is 30.3 Å². The SMILES string of the molecule is CC1CCCN(C(=O)CN2CCCC2CC(O)c2ccccc2)C1. The summed E-state index contributed by atoms with van der Waals surface area (Å²) in [6.07, 6.45) is 4.83. The van der Waals surface area contributed by atoms with Crippen LogP contribution in [0.2, 0.25) is 0 Å². The summed E-state index contributed by atoms with van der Waals surface area (Å²) in [6, 6.07) is 10.2. The van der Waals surface area contributed by atoms with Gasteiger partial charge in [0.05, 0.1) is 12.6 Å². The fraction of sp³-hybridized carbons (Fsp3) is 0.650. The van der Waals surface area contributed by atoms with E-state index in [1.807, 2.05) is 35.2 Å². The number of aliphatic hydroxyl groups is 1. The first kappa shape index (κ1) is 17.4. The highest BCUT2D eigenvalue weighted by atomic mass is 16.3. The van der Waals surface area contributed by atoms with Gasteiger partial charge in [-0.25, -0.2) is 0 Å². The van der Waals surface area contributed by atoms with Crippen molar-refractivity contribution in [3.63, 3.8) is 0 Å². The van der Waals surface area contributed by atoms with E-state index in [1.165, 1.54) is 6.42 Å². The number of likely N-dealkylation sites (tertiary alicyclic amines) is 2. The molecule has 1 amide bonds. The number of aliphatic hydroxyl groups excluding tert-OH is 1. The summed E-state index contributed by atoms with van der Waals surface area (Å²) < 4.78 is 0. The molecule has 2 saturated heterocycles. The lowest BCUT2D eigenvalue weighted by molar-refractivity contribution is -0.134. The van der Waals surface area contributed by atoms with E-state index < -0.39 is 6.10 Å². The van der Waals surface area contributed by atoms with E-state index in [4.69, 9.17) is 0 Å². The van der Waals surface area contributed by atoms with Crippen LogP contribution >= 0.6 is 0 Å². The predicted octanol–water partition coefficient (Wildman–Crippen LogP) is 2.83. The molecule has 1 aromatic carbocycles. The standard InChI is InChI=1S/C20H30N2O2/c1-16-7-5-12-22(14-16)20(24)15-21-11-6-10-18(21)13-19(23)17-8-3-2-4-9-17/h2-4,8-9,16,18-19,23H,5-7,10-15H2,1H3. The number of carbonyl (C=O) groups excluding carboxylic acids is 1. The second-order valence-corrected chi connectivity index (χ2v) is 7.52. The molecule has 132 valence electrons. The largest absolute Gasteiger partial charge is 0.388 e. The number of carbonyl (C=O) groups is 1. The lowest BCUT2D eigenvalue weighted by Gasteiger charge is -2.33. The second-order valence-electron chi connectivity index (χ2n) is 7.52. The van der Waals surface area contributed by atoms with Gasteiger partial charge in [0.2, 0.25) is 5.91 Å². The van der Waals surface area contributed by atoms with Crippen LogP contribution in [0.3, 0.4) is 0 Å². The van der Waals surface area contributed by atoms with Crippen molar-refractivity contribution in [3.8, 4) is 0 Å². The molecule has 3 rings (SSSR count). The zero-order chi connectivity index (χ0) is 16.9. The summed E-state index contributed by atoms with van der Waals surface area (Å²) >= 11 is 0. The van der Waals surface area contributed by atoms with Gasteiger partial charge in [0.1, 0.15) is 0 Å². The zero-order valence-corrected chi connectivity index (χ0v) is 14.7. The molecule has 2 aliphatic rings. The smallest absolute Gasteiger partial charge is 0.236 e. The molecular weight excluding hydrogens is 300 g/mol. The van der Waals surface area contributed by atoms with Crippen LogP contribution < -0.4 is 0 Å². The first-order chi connectivity index (χ1) is 11.6. The Labute approximate surface area is 145 Å². The fourth-order valence-electron chi connectivity index (χ4n) is 4.13. The van der Waals surface area contributed by atoms with Crippen LogP contribution in [0.25, 0.3) is 0 Å². The van der Waals surface area contributed by atoms with Gasteiger partial charge in [0.25, 0.3) is 0 Å². The first-order valence-corrected chi connectivity index (χ1v) is 9.38. The molecule has 0 saturated carbocycles. The summed E-state index contributed by atoms with van der Waals surface area (Å²) in [4.78, 5) is 16.9. The number of piperidine rings is 1. The molecule has 4 heteroatoms. The van der Waals surface area contributed by atoms with E-state index in [1.54, 1.807) is 0 Å². The minimum Gasteiger partial charge on any atom is -0.388 e. The lowest BCUT2D eigenvalue weighted by Crippen LogP contribution is -2.46. The normalized spacial score (nSPS) is 26.5. The summed E-state index contributed by atoms with van der Waals surface area (Å²) in [5, 5.41) is 10.5. The van der Waals surface area contributed by atoms with E-state index in [-0.39, 0.29) is 5.91 Å². The van der Waals surface area contributed by atoms with Crippen molar-refractivity contribution >= 4 is 5.91 Å². The van der Waals surface area contributed by atoms with E-state index in [0.717, 1.165) is 44.5 Å². The van der Waals surface area contributed by atoms with Crippen molar-refractivity contribution in [2.45, 2.75) is 51.2 Å². The Morgan fingerprint density at radius 3 is 2.71 bits per heavy atom. The van der Waals surface area contributed by atoms with Crippen LogP contribution in [0.5, 0.6) is 0 Å². The second kappa shape index (κ2) is 8.13. The number of hydrogen-bond acceptors (Lipinski definition) is 3. The molecule has 0 aliphatic carbocycles. The Morgan fingerprint density at radius 1 is 1.21 bits per heavy atom. The lowest BCUT2D eigenvalue weighted by atomic mass is 9.99. The summed E-state index contributed by atoms with van der Waals surface area (Å²) in [5.74, 6) is 0.889. The van der Waals surface area contributed by atoms with Gasteiger partial charge in [0, 0.05) is 19.1 Å². The molecule has 24 heavy (non-hydrogen) atoms. The number of hydrogen-bond donors (Lipinski definition) is 1. The van der Waals surface area contributed by atoms with Gasteiger partial charge >= 0.3 is 0 Å². The maximum Gasteiger partial charge on any atom is 0.236 e. The highest BCUT2D eigenvalue weighted by molar-refractivity contribution is 5.78. The van der Waals surface area contributed by atoms with Crippen LogP contribution in [0.4, 0.5) is 0 Å². The van der Waals surface area contributed by atoms with Crippen LogP contribution in [-0.2, 0) is 4.79 Å². The molecule has 2 heterocycles. The maximum absolute atomic E-state index is 12.6. The average molecular weight is 330 g/mol. The molecule has 0 radical (unpaired) electrons. The Kier molecular flexibility index (Phi) is 5.90. The van der Waals surface area contributed by atoms with E-state index >= 15 is 0 Å². The van der Waals surface area contributed by atoms with E-state index in [9.17, 15) is 9.90 Å². The summed E-state index contributed by atoms with van der Waals surface area (Å²) in [7, 11) is 0. The van der Waals surface area contributed by atoms with Gasteiger partial charge in [-0.1, -0.05) is 37.3 Å². The average Bonchev–Trinajstić information content (AvgIpc) is 3.02. The van der Waals surface area contributed by atoms with Gasteiger partial charge in [-0.3, -0.25) is 9.69 Å². The van der Waals surface area contributed by atoms with Crippen molar-refractivity contribution in [2.75, 3.05) is 26.2 Å². The van der Waals surface area contributed by atoms with Crippen molar-refractivity contribution in [1.82, 2.24) is 9.80 Å². The summed E-state index contributed by atoms with van der Waals surface area (Å²) in [6.45, 7) is 5.53. The Morgan fingerprint density at radius 2 is 1.96 bits per heavy atom. The minimum absolute atomic E-state index is 0.266. The molecule has 3 atom stereocenters. The Balaban J connectivity index is 1.54. The summed E-state index contributed by atoms with van der Waals surface area (Å²) in [5.41, 5.74) is 0.973. The van der Waals surface area contributed by atoms with Crippen molar-refractivity contribution < 1.29 is 9.90 Å². The third kappa shape index (κ3) is 4.37. The molecule has 4 nitrogen and oxygen atoms in total. The van der Waals surface area contributed by atoms with Crippen LogP contribution in [0.1, 0.15) is 50.7 Å². The topological polar surface area (TPSA) is 43.8 Å². The van der Waals surface area contributed by atoms with Crippen molar-refractivity contribution in [3.05, 3.63) is 35.9 Å². The van der Waals surface area contributed by atoms with Gasteiger partial charge < -0.3 is 10.0 Å². The molecule has 1 N–H and O–H groups in total. The Hall–Kier alpha value is -1.39. The number of nitrogens with zero attached hydrogens (tertiary/aromatic N) is 2. The van der Waals surface area contributed by atoms with Crippen LogP contribution in [0, 0.1) is 5.92 Å². The molecule has 2 fully saturated rings. The molecular formula is C20H30N2O2. The minimum atomic E-state index is -0.443. The molecule has 0 bridgehead atoms. The highest BCUT2D eigenvalue weighted by Gasteiger charge is 2.30. The molecule has 2 aliphatic heterocycles. The Bertz CT molecular complexity index is 534. The third-order valence-electron chi connectivity index (χ3n) is 5.53. The highest BCUT2D eigenvalue weighted by Crippen LogP contribution is 2.27. The van der Waals surface area contributed by atoms with Gasteiger partial charge in [-0.05, 0) is 50.1 Å². The van der Waals surface area contributed by atoms with Crippen LogP contribution in [-0.4, -0.2) is 53.0 Å². The molecule has 1 aromatic rings. The van der Waals surface area contributed by atoms with Gasteiger partial charge in [-0.2, -0.15) is 0 Å². The maximum atomic E-state index is 12.6. The third-order valence-corrected chi connectivity index (χ3v) is 5.53. The van der Waals surface area contributed by atoms with Crippen molar-refractivity contribution in [2.24, 2.45) is 5.92 Å². The first-order valence-electron chi connectivity index (χ1n) is 9.38.